The molecule has 2 amide bonds. The number of carbonyl (C=O) groups excluding carboxylic acids is 2. The third-order valence-electron chi connectivity index (χ3n) is 7.89. The van der Waals surface area contributed by atoms with Crippen molar-refractivity contribution in [1.29, 1.82) is 0 Å². The van der Waals surface area contributed by atoms with E-state index in [4.69, 9.17) is 14.2 Å². The van der Waals surface area contributed by atoms with Crippen LogP contribution in [-0.4, -0.2) is 73.2 Å². The van der Waals surface area contributed by atoms with Gasteiger partial charge >= 0.3 is 0 Å². The van der Waals surface area contributed by atoms with E-state index in [9.17, 15) is 14.0 Å². The fourth-order valence-electron chi connectivity index (χ4n) is 5.57. The second-order valence-electron chi connectivity index (χ2n) is 10.7. The lowest BCUT2D eigenvalue weighted by atomic mass is 9.94. The van der Waals surface area contributed by atoms with Crippen LogP contribution in [0.15, 0.2) is 60.8 Å². The molecule has 4 rings (SSSR count). The van der Waals surface area contributed by atoms with Crippen molar-refractivity contribution in [3.63, 3.8) is 0 Å². The molecule has 8 nitrogen and oxygen atoms in total. The Bertz CT molecular complexity index is 1300. The highest BCUT2D eigenvalue weighted by atomic mass is 19.1. The second-order valence-corrected chi connectivity index (χ2v) is 10.7. The molecule has 1 aliphatic rings. The van der Waals surface area contributed by atoms with Gasteiger partial charge in [0.25, 0.3) is 5.91 Å². The van der Waals surface area contributed by atoms with Gasteiger partial charge in [-0.3, -0.25) is 9.59 Å². The molecule has 0 saturated heterocycles. The summed E-state index contributed by atoms with van der Waals surface area (Å²) in [7, 11) is 4.69. The Labute approximate surface area is 248 Å². The molecule has 0 radical (unpaired) electrons. The van der Waals surface area contributed by atoms with Gasteiger partial charge in [0.2, 0.25) is 5.91 Å². The quantitative estimate of drug-likeness (QED) is 0.235. The van der Waals surface area contributed by atoms with Gasteiger partial charge in [-0.2, -0.15) is 0 Å². The van der Waals surface area contributed by atoms with Crippen LogP contribution in [0.1, 0.15) is 60.1 Å². The van der Waals surface area contributed by atoms with Crippen LogP contribution >= 0.6 is 0 Å². The third kappa shape index (κ3) is 8.12. The first-order valence-corrected chi connectivity index (χ1v) is 14.6. The van der Waals surface area contributed by atoms with E-state index in [1.807, 2.05) is 23.2 Å². The SMILES string of the molecule is COCCCN(CC(=O)N(Cc1cccn1Cc1ccc(F)cc1)C1CCCCC1)C(=O)c1ccc(OC)cc1OC. The molecule has 0 N–H and O–H groups in total. The molecule has 1 fully saturated rings. The van der Waals surface area contributed by atoms with Crippen LogP contribution in [0, 0.1) is 5.82 Å². The van der Waals surface area contributed by atoms with Gasteiger partial charge < -0.3 is 28.6 Å². The fourth-order valence-corrected chi connectivity index (χ4v) is 5.57. The van der Waals surface area contributed by atoms with Crippen molar-refractivity contribution in [2.24, 2.45) is 0 Å². The molecular weight excluding hydrogens is 537 g/mol. The monoisotopic (exact) mass is 579 g/mol. The normalized spacial score (nSPS) is 13.5. The van der Waals surface area contributed by atoms with Gasteiger partial charge in [-0.1, -0.05) is 31.4 Å². The highest BCUT2D eigenvalue weighted by Crippen LogP contribution is 2.28. The summed E-state index contributed by atoms with van der Waals surface area (Å²) in [5.74, 6) is 0.346. The molecule has 0 bridgehead atoms. The average Bonchev–Trinajstić information content (AvgIpc) is 3.46. The van der Waals surface area contributed by atoms with E-state index in [1.54, 1.807) is 49.5 Å². The second kappa shape index (κ2) is 15.4. The molecular formula is C33H42FN3O5. The van der Waals surface area contributed by atoms with E-state index in [0.29, 0.717) is 49.7 Å². The summed E-state index contributed by atoms with van der Waals surface area (Å²) >= 11 is 0. The Morgan fingerprint density at radius 2 is 1.74 bits per heavy atom. The minimum absolute atomic E-state index is 0.0487. The Balaban J connectivity index is 1.57. The van der Waals surface area contributed by atoms with Crippen molar-refractivity contribution in [2.75, 3.05) is 41.0 Å². The van der Waals surface area contributed by atoms with E-state index < -0.39 is 0 Å². The zero-order chi connectivity index (χ0) is 29.9. The number of amides is 2. The molecule has 2 aromatic carbocycles. The zero-order valence-electron chi connectivity index (χ0n) is 24.9. The third-order valence-corrected chi connectivity index (χ3v) is 7.89. The van der Waals surface area contributed by atoms with Crippen LogP contribution in [0.2, 0.25) is 0 Å². The number of ether oxygens (including phenoxy) is 3. The van der Waals surface area contributed by atoms with Crippen molar-refractivity contribution < 1.29 is 28.2 Å². The molecule has 42 heavy (non-hydrogen) atoms. The molecule has 1 aliphatic carbocycles. The average molecular weight is 580 g/mol. The van der Waals surface area contributed by atoms with Crippen LogP contribution in [0.3, 0.4) is 0 Å². The lowest BCUT2D eigenvalue weighted by Gasteiger charge is -2.36. The predicted molar refractivity (Wildman–Crippen MR) is 159 cm³/mol. The largest absolute Gasteiger partial charge is 0.497 e. The standard InChI is InChI=1S/C33H42FN3O5/c1-40-20-8-19-36(33(39)30-17-16-29(41-2)21-31(30)42-3)24-32(38)37(27-9-5-4-6-10-27)23-28-11-7-18-35(28)22-25-12-14-26(34)15-13-25/h7,11-18,21,27H,4-6,8-10,19-20,22-24H2,1-3H3. The van der Waals surface area contributed by atoms with E-state index in [0.717, 1.165) is 36.9 Å². The van der Waals surface area contributed by atoms with Crippen LogP contribution < -0.4 is 9.47 Å². The number of benzene rings is 2. The van der Waals surface area contributed by atoms with Gasteiger partial charge in [-0.15, -0.1) is 0 Å². The number of carbonyl (C=O) groups is 2. The Morgan fingerprint density at radius 1 is 0.976 bits per heavy atom. The van der Waals surface area contributed by atoms with E-state index in [-0.39, 0.29) is 30.2 Å². The minimum atomic E-state index is -0.276. The highest BCUT2D eigenvalue weighted by Gasteiger charge is 2.30. The number of hydrogen-bond acceptors (Lipinski definition) is 5. The first kappa shape index (κ1) is 31.1. The van der Waals surface area contributed by atoms with Gasteiger partial charge in [0.1, 0.15) is 23.9 Å². The maximum atomic E-state index is 14.1. The molecule has 0 atom stereocenters. The first-order valence-electron chi connectivity index (χ1n) is 14.6. The topological polar surface area (TPSA) is 73.2 Å². The van der Waals surface area contributed by atoms with Crippen LogP contribution in [-0.2, 0) is 22.6 Å². The number of hydrogen-bond donors (Lipinski definition) is 0. The maximum Gasteiger partial charge on any atom is 0.258 e. The number of halogens is 1. The van der Waals surface area contributed by atoms with Crippen molar-refractivity contribution in [3.8, 4) is 11.5 Å². The lowest BCUT2D eigenvalue weighted by molar-refractivity contribution is -0.135. The van der Waals surface area contributed by atoms with Crippen molar-refractivity contribution >= 4 is 11.8 Å². The molecule has 1 aromatic heterocycles. The van der Waals surface area contributed by atoms with E-state index in [2.05, 4.69) is 4.57 Å². The molecule has 0 spiro atoms. The Hall–Kier alpha value is -3.85. The van der Waals surface area contributed by atoms with Crippen molar-refractivity contribution in [1.82, 2.24) is 14.4 Å². The number of rotatable bonds is 14. The molecule has 226 valence electrons. The van der Waals surface area contributed by atoms with Crippen LogP contribution in [0.4, 0.5) is 4.39 Å². The van der Waals surface area contributed by atoms with Gasteiger partial charge in [-0.25, -0.2) is 4.39 Å². The van der Waals surface area contributed by atoms with Crippen molar-refractivity contribution in [3.05, 3.63) is 83.4 Å². The number of methoxy groups -OCH3 is 3. The maximum absolute atomic E-state index is 14.1. The van der Waals surface area contributed by atoms with Crippen LogP contribution in [0.25, 0.3) is 0 Å². The number of aromatic nitrogens is 1. The summed E-state index contributed by atoms with van der Waals surface area (Å²) in [5, 5.41) is 0. The van der Waals surface area contributed by atoms with Crippen LogP contribution in [0.5, 0.6) is 11.5 Å². The van der Waals surface area contributed by atoms with E-state index in [1.165, 1.54) is 25.7 Å². The van der Waals surface area contributed by atoms with Gasteiger partial charge in [0.15, 0.2) is 0 Å². The van der Waals surface area contributed by atoms with Crippen molar-refractivity contribution in [2.45, 2.75) is 57.7 Å². The van der Waals surface area contributed by atoms with Gasteiger partial charge in [0.05, 0.1) is 26.3 Å². The lowest BCUT2D eigenvalue weighted by Crippen LogP contribution is -2.48. The first-order chi connectivity index (χ1) is 20.4. The molecule has 0 unspecified atom stereocenters. The highest BCUT2D eigenvalue weighted by molar-refractivity contribution is 5.99. The molecule has 1 saturated carbocycles. The van der Waals surface area contributed by atoms with Gasteiger partial charge in [0, 0.05) is 50.8 Å². The smallest absolute Gasteiger partial charge is 0.258 e. The summed E-state index contributed by atoms with van der Waals surface area (Å²) in [6, 6.07) is 15.6. The minimum Gasteiger partial charge on any atom is -0.497 e. The fraction of sp³-hybridized carbons (Fsp3) is 0.455. The molecule has 0 aliphatic heterocycles. The Morgan fingerprint density at radius 3 is 2.43 bits per heavy atom. The van der Waals surface area contributed by atoms with Gasteiger partial charge in [-0.05, 0) is 61.2 Å². The summed E-state index contributed by atoms with van der Waals surface area (Å²) in [6.45, 7) is 1.80. The molecule has 9 heteroatoms. The Kier molecular flexibility index (Phi) is 11.4. The summed E-state index contributed by atoms with van der Waals surface area (Å²) in [4.78, 5) is 31.5. The zero-order valence-corrected chi connectivity index (χ0v) is 24.9. The summed E-state index contributed by atoms with van der Waals surface area (Å²) < 4.78 is 31.6. The predicted octanol–water partition coefficient (Wildman–Crippen LogP) is 5.53. The summed E-state index contributed by atoms with van der Waals surface area (Å²) in [6.07, 6.45) is 7.77. The summed E-state index contributed by atoms with van der Waals surface area (Å²) in [5.41, 5.74) is 2.35. The molecule has 1 heterocycles. The van der Waals surface area contributed by atoms with E-state index >= 15 is 0 Å². The number of nitrogens with zero attached hydrogens (tertiary/aromatic N) is 3. The molecule has 3 aromatic rings.